The van der Waals surface area contributed by atoms with Crippen LogP contribution in [0.4, 0.5) is 4.39 Å². The van der Waals surface area contributed by atoms with E-state index in [-0.39, 0.29) is 16.9 Å². The Bertz CT molecular complexity index is 671. The number of hydrazine groups is 1. The van der Waals surface area contributed by atoms with E-state index in [0.717, 1.165) is 19.3 Å². The van der Waals surface area contributed by atoms with Gasteiger partial charge < -0.3 is 0 Å². The van der Waals surface area contributed by atoms with Gasteiger partial charge in [0.05, 0.1) is 11.0 Å². The zero-order valence-corrected chi connectivity index (χ0v) is 14.9. The summed E-state index contributed by atoms with van der Waals surface area (Å²) in [7, 11) is 0. The molecule has 4 nitrogen and oxygen atoms in total. The first-order chi connectivity index (χ1) is 11.4. The predicted molar refractivity (Wildman–Crippen MR) is 90.3 cm³/mol. The Hall–Kier alpha value is -1.43. The number of carbonyl (C=O) groups is 2. The highest BCUT2D eigenvalue weighted by Crippen LogP contribution is 2.60. The number of benzene rings is 1. The molecule has 0 heterocycles. The van der Waals surface area contributed by atoms with E-state index in [2.05, 4.69) is 26.8 Å². The topological polar surface area (TPSA) is 58.2 Å². The van der Waals surface area contributed by atoms with E-state index in [1.54, 1.807) is 0 Å². The number of halogens is 2. The summed E-state index contributed by atoms with van der Waals surface area (Å²) in [6.07, 6.45) is 6.52. The minimum atomic E-state index is -0.633. The molecule has 0 aromatic heterocycles. The third-order valence-electron chi connectivity index (χ3n) is 5.98. The average molecular weight is 395 g/mol. The number of hydrogen-bond acceptors (Lipinski definition) is 2. The molecule has 24 heavy (non-hydrogen) atoms. The first kappa shape index (κ1) is 16.1. The van der Waals surface area contributed by atoms with Crippen LogP contribution in [0, 0.1) is 29.0 Å². The van der Waals surface area contributed by atoms with Crippen LogP contribution in [-0.2, 0) is 4.79 Å². The van der Waals surface area contributed by atoms with Gasteiger partial charge in [-0.1, -0.05) is 15.9 Å². The first-order valence-corrected chi connectivity index (χ1v) is 9.30. The fourth-order valence-corrected chi connectivity index (χ4v) is 5.73. The van der Waals surface area contributed by atoms with Crippen molar-refractivity contribution in [3.05, 3.63) is 34.1 Å². The molecule has 4 bridgehead atoms. The summed E-state index contributed by atoms with van der Waals surface area (Å²) in [6.45, 7) is 0. The lowest BCUT2D eigenvalue weighted by molar-refractivity contribution is -0.147. The lowest BCUT2D eigenvalue weighted by Crippen LogP contribution is -2.56. The normalized spacial score (nSPS) is 33.3. The van der Waals surface area contributed by atoms with Gasteiger partial charge >= 0.3 is 0 Å². The monoisotopic (exact) mass is 394 g/mol. The largest absolute Gasteiger partial charge is 0.273 e. The van der Waals surface area contributed by atoms with Crippen molar-refractivity contribution in [2.45, 2.75) is 38.5 Å². The number of nitrogens with one attached hydrogen (secondary N) is 2. The molecule has 4 aliphatic rings. The molecule has 0 unspecified atom stereocenters. The molecule has 2 amide bonds. The van der Waals surface area contributed by atoms with Gasteiger partial charge in [0, 0.05) is 4.47 Å². The summed E-state index contributed by atoms with van der Waals surface area (Å²) >= 11 is 3.22. The van der Waals surface area contributed by atoms with Crippen LogP contribution in [0.3, 0.4) is 0 Å². The fourth-order valence-electron chi connectivity index (χ4n) is 5.37. The second-order valence-electron chi connectivity index (χ2n) is 7.73. The molecular weight excluding hydrogens is 375 g/mol. The predicted octanol–water partition coefficient (Wildman–Crippen LogP) is 3.57. The molecule has 0 spiro atoms. The van der Waals surface area contributed by atoms with Gasteiger partial charge in [0.1, 0.15) is 5.82 Å². The Labute approximate surface area is 148 Å². The molecule has 5 rings (SSSR count). The molecule has 4 saturated carbocycles. The van der Waals surface area contributed by atoms with Crippen molar-refractivity contribution in [2.75, 3.05) is 0 Å². The molecule has 6 heteroatoms. The summed E-state index contributed by atoms with van der Waals surface area (Å²) in [5.41, 5.74) is 4.53. The van der Waals surface area contributed by atoms with Gasteiger partial charge in [0.2, 0.25) is 5.91 Å². The van der Waals surface area contributed by atoms with E-state index in [9.17, 15) is 14.0 Å². The van der Waals surface area contributed by atoms with Crippen LogP contribution in [0.25, 0.3) is 0 Å². The number of hydrogen-bond donors (Lipinski definition) is 2. The summed E-state index contributed by atoms with van der Waals surface area (Å²) in [5.74, 6) is 0.609. The number of carbonyl (C=O) groups excluding carboxylic acids is 2. The van der Waals surface area contributed by atoms with E-state index >= 15 is 0 Å². The third-order valence-corrected chi connectivity index (χ3v) is 6.48. The van der Waals surface area contributed by atoms with Gasteiger partial charge in [-0.25, -0.2) is 4.39 Å². The van der Waals surface area contributed by atoms with Crippen LogP contribution in [0.2, 0.25) is 0 Å². The zero-order chi connectivity index (χ0) is 16.9. The number of rotatable bonds is 2. The Balaban J connectivity index is 1.43. The lowest BCUT2D eigenvalue weighted by Gasteiger charge is -2.55. The maximum Gasteiger partial charge on any atom is 0.272 e. The molecule has 128 valence electrons. The van der Waals surface area contributed by atoms with Gasteiger partial charge in [-0.3, -0.25) is 20.4 Å². The molecule has 0 atom stereocenters. The Morgan fingerprint density at radius 2 is 1.62 bits per heavy atom. The van der Waals surface area contributed by atoms with Crippen LogP contribution in [-0.4, -0.2) is 11.8 Å². The second-order valence-corrected chi connectivity index (χ2v) is 8.65. The van der Waals surface area contributed by atoms with E-state index in [4.69, 9.17) is 0 Å². The van der Waals surface area contributed by atoms with Gasteiger partial charge in [-0.2, -0.15) is 0 Å². The van der Waals surface area contributed by atoms with Crippen molar-refractivity contribution in [2.24, 2.45) is 23.2 Å². The highest BCUT2D eigenvalue weighted by molar-refractivity contribution is 9.10. The van der Waals surface area contributed by atoms with Gasteiger partial charge in [0.25, 0.3) is 5.91 Å². The van der Waals surface area contributed by atoms with Crippen LogP contribution >= 0.6 is 15.9 Å². The van der Waals surface area contributed by atoms with E-state index in [0.29, 0.717) is 22.2 Å². The molecular formula is C18H20BrFN2O2. The summed E-state index contributed by atoms with van der Waals surface area (Å²) in [6, 6.07) is 4.15. The van der Waals surface area contributed by atoms with Gasteiger partial charge in [-0.15, -0.1) is 0 Å². The Morgan fingerprint density at radius 1 is 1.04 bits per heavy atom. The molecule has 4 fully saturated rings. The summed E-state index contributed by atoms with van der Waals surface area (Å²) in [4.78, 5) is 24.9. The van der Waals surface area contributed by atoms with E-state index in [1.807, 2.05) is 0 Å². The molecule has 0 aliphatic heterocycles. The summed E-state index contributed by atoms with van der Waals surface area (Å²) in [5, 5.41) is 0. The molecule has 2 N–H and O–H groups in total. The fraction of sp³-hybridized carbons (Fsp3) is 0.556. The minimum absolute atomic E-state index is 0.0878. The maximum absolute atomic E-state index is 13.8. The highest BCUT2D eigenvalue weighted by Gasteiger charge is 2.54. The van der Waals surface area contributed by atoms with Crippen LogP contribution in [0.1, 0.15) is 48.9 Å². The molecule has 4 aliphatic carbocycles. The van der Waals surface area contributed by atoms with Crippen molar-refractivity contribution < 1.29 is 14.0 Å². The SMILES string of the molecule is O=C(NNC(=O)C12CC3CC(CC(C3)C1)C2)c1cc(Br)ccc1F. The quantitative estimate of drug-likeness (QED) is 0.753. The third kappa shape index (κ3) is 2.75. The van der Waals surface area contributed by atoms with Crippen LogP contribution in [0.15, 0.2) is 22.7 Å². The van der Waals surface area contributed by atoms with Crippen molar-refractivity contribution in [3.63, 3.8) is 0 Å². The lowest BCUT2D eigenvalue weighted by atomic mass is 9.49. The van der Waals surface area contributed by atoms with Gasteiger partial charge in [-0.05, 0) is 74.5 Å². The Kier molecular flexibility index (Phi) is 3.90. The zero-order valence-electron chi connectivity index (χ0n) is 13.3. The second kappa shape index (κ2) is 5.83. The van der Waals surface area contributed by atoms with Crippen LogP contribution in [0.5, 0.6) is 0 Å². The molecule has 0 radical (unpaired) electrons. The smallest absolute Gasteiger partial charge is 0.272 e. The number of amides is 2. The van der Waals surface area contributed by atoms with Crippen molar-refractivity contribution in [1.82, 2.24) is 10.9 Å². The average Bonchev–Trinajstić information content (AvgIpc) is 2.53. The maximum atomic E-state index is 13.8. The molecule has 0 saturated heterocycles. The van der Waals surface area contributed by atoms with Crippen molar-refractivity contribution in [3.8, 4) is 0 Å². The molecule has 1 aromatic carbocycles. The van der Waals surface area contributed by atoms with E-state index in [1.165, 1.54) is 37.5 Å². The highest BCUT2D eigenvalue weighted by atomic mass is 79.9. The minimum Gasteiger partial charge on any atom is -0.273 e. The first-order valence-electron chi connectivity index (χ1n) is 8.51. The molecule has 1 aromatic rings. The van der Waals surface area contributed by atoms with Crippen molar-refractivity contribution in [1.29, 1.82) is 0 Å². The summed E-state index contributed by atoms with van der Waals surface area (Å²) < 4.78 is 14.4. The Morgan fingerprint density at radius 3 is 2.21 bits per heavy atom. The van der Waals surface area contributed by atoms with Crippen molar-refractivity contribution >= 4 is 27.7 Å². The van der Waals surface area contributed by atoms with E-state index < -0.39 is 11.7 Å². The van der Waals surface area contributed by atoms with Gasteiger partial charge in [0.15, 0.2) is 0 Å². The van der Waals surface area contributed by atoms with Crippen LogP contribution < -0.4 is 10.9 Å². The standard InChI is InChI=1S/C18H20BrFN2O2/c19-13-1-2-15(20)14(6-13)16(23)21-22-17(24)18-7-10-3-11(8-18)5-12(4-10)9-18/h1-2,6,10-12H,3-5,7-9H2,(H,21,23)(H,22,24).